The highest BCUT2D eigenvalue weighted by atomic mass is 16.3. The monoisotopic (exact) mass is 292 g/mol. The van der Waals surface area contributed by atoms with E-state index in [1.54, 1.807) is 13.8 Å². The summed E-state index contributed by atoms with van der Waals surface area (Å²) in [4.78, 5) is 16.4. The summed E-state index contributed by atoms with van der Waals surface area (Å²) in [6.07, 6.45) is 0. The number of nitrogens with zero attached hydrogens (tertiary/aromatic N) is 2. The van der Waals surface area contributed by atoms with Crippen molar-refractivity contribution >= 4 is 11.6 Å². The SMILES string of the molecule is CCN(CC(=O)N(CC)c1ccccc1C)CC(C)(C)O. The summed E-state index contributed by atoms with van der Waals surface area (Å²) in [5.74, 6) is 0.0675. The van der Waals surface area contributed by atoms with E-state index in [-0.39, 0.29) is 5.91 Å². The summed E-state index contributed by atoms with van der Waals surface area (Å²) in [5.41, 5.74) is 1.26. The second kappa shape index (κ2) is 7.57. The average molecular weight is 292 g/mol. The highest BCUT2D eigenvalue weighted by Crippen LogP contribution is 2.19. The van der Waals surface area contributed by atoms with Gasteiger partial charge in [-0.3, -0.25) is 9.69 Å². The molecule has 0 aromatic heterocycles. The molecule has 4 nitrogen and oxygen atoms in total. The lowest BCUT2D eigenvalue weighted by Crippen LogP contribution is -2.45. The molecule has 0 saturated heterocycles. The van der Waals surface area contributed by atoms with Gasteiger partial charge in [0.1, 0.15) is 0 Å². The minimum absolute atomic E-state index is 0.0675. The molecule has 0 saturated carbocycles. The summed E-state index contributed by atoms with van der Waals surface area (Å²) in [6.45, 7) is 11.7. The fourth-order valence-electron chi connectivity index (χ4n) is 2.45. The fraction of sp³-hybridized carbons (Fsp3) is 0.588. The van der Waals surface area contributed by atoms with Gasteiger partial charge in [0.2, 0.25) is 5.91 Å². The summed E-state index contributed by atoms with van der Waals surface area (Å²) >= 11 is 0. The zero-order chi connectivity index (χ0) is 16.0. The van der Waals surface area contributed by atoms with E-state index < -0.39 is 5.60 Å². The minimum atomic E-state index is -0.796. The highest BCUT2D eigenvalue weighted by Gasteiger charge is 2.22. The average Bonchev–Trinajstić information content (AvgIpc) is 2.39. The highest BCUT2D eigenvalue weighted by molar-refractivity contribution is 5.95. The van der Waals surface area contributed by atoms with Crippen LogP contribution in [-0.2, 0) is 4.79 Å². The lowest BCUT2D eigenvalue weighted by Gasteiger charge is -2.30. The van der Waals surface area contributed by atoms with Gasteiger partial charge in [-0.2, -0.15) is 0 Å². The first kappa shape index (κ1) is 17.7. The zero-order valence-electron chi connectivity index (χ0n) is 13.9. The molecule has 1 amide bonds. The van der Waals surface area contributed by atoms with Gasteiger partial charge in [-0.15, -0.1) is 0 Å². The number of rotatable bonds is 7. The van der Waals surface area contributed by atoms with Gasteiger partial charge >= 0.3 is 0 Å². The standard InChI is InChI=1S/C17H28N2O2/c1-6-18(13-17(4,5)21)12-16(20)19(7-2)15-11-9-8-10-14(15)3/h8-11,21H,6-7,12-13H2,1-5H3. The van der Waals surface area contributed by atoms with Crippen LogP contribution in [0.4, 0.5) is 5.69 Å². The van der Waals surface area contributed by atoms with Crippen LogP contribution in [0.5, 0.6) is 0 Å². The molecule has 118 valence electrons. The Kier molecular flexibility index (Phi) is 6.37. The molecule has 0 aliphatic heterocycles. The zero-order valence-corrected chi connectivity index (χ0v) is 13.9. The maximum Gasteiger partial charge on any atom is 0.241 e. The van der Waals surface area contributed by atoms with Crippen molar-refractivity contribution in [2.45, 2.75) is 40.2 Å². The van der Waals surface area contributed by atoms with Crippen LogP contribution in [0.2, 0.25) is 0 Å². The first-order valence-electron chi connectivity index (χ1n) is 7.59. The number of hydrogen-bond donors (Lipinski definition) is 1. The summed E-state index contributed by atoms with van der Waals surface area (Å²) in [7, 11) is 0. The van der Waals surface area contributed by atoms with Crippen LogP contribution >= 0.6 is 0 Å². The molecule has 0 unspecified atom stereocenters. The van der Waals surface area contributed by atoms with E-state index in [9.17, 15) is 9.90 Å². The largest absolute Gasteiger partial charge is 0.389 e. The lowest BCUT2D eigenvalue weighted by molar-refractivity contribution is -0.120. The first-order chi connectivity index (χ1) is 9.78. The smallest absolute Gasteiger partial charge is 0.241 e. The second-order valence-corrected chi connectivity index (χ2v) is 6.04. The quantitative estimate of drug-likeness (QED) is 0.839. The third kappa shape index (κ3) is 5.48. The Bertz CT molecular complexity index is 466. The van der Waals surface area contributed by atoms with Crippen LogP contribution in [-0.4, -0.2) is 47.7 Å². The number of aryl methyl sites for hydroxylation is 1. The van der Waals surface area contributed by atoms with Crippen molar-refractivity contribution in [3.63, 3.8) is 0 Å². The molecule has 4 heteroatoms. The van der Waals surface area contributed by atoms with E-state index in [0.717, 1.165) is 17.8 Å². The molecule has 1 aromatic rings. The van der Waals surface area contributed by atoms with Crippen molar-refractivity contribution in [3.8, 4) is 0 Å². The molecule has 1 aromatic carbocycles. The van der Waals surface area contributed by atoms with Gasteiger partial charge in [0, 0.05) is 18.8 Å². The number of likely N-dealkylation sites (N-methyl/N-ethyl adjacent to an activating group) is 2. The molecule has 0 radical (unpaired) electrons. The third-order valence-corrected chi connectivity index (χ3v) is 3.44. The van der Waals surface area contributed by atoms with Crippen LogP contribution in [0, 0.1) is 6.92 Å². The van der Waals surface area contributed by atoms with Crippen molar-refractivity contribution in [2.75, 3.05) is 31.1 Å². The number of amides is 1. The van der Waals surface area contributed by atoms with Gasteiger partial charge in [-0.25, -0.2) is 0 Å². The molecule has 1 rings (SSSR count). The molecule has 0 bridgehead atoms. The summed E-state index contributed by atoms with van der Waals surface area (Å²) < 4.78 is 0. The number of carbonyl (C=O) groups excluding carboxylic acids is 1. The molecule has 21 heavy (non-hydrogen) atoms. The number of benzene rings is 1. The van der Waals surface area contributed by atoms with Gasteiger partial charge in [-0.05, 0) is 45.9 Å². The van der Waals surface area contributed by atoms with Gasteiger partial charge < -0.3 is 10.0 Å². The molecular formula is C17H28N2O2. The van der Waals surface area contributed by atoms with E-state index in [1.807, 2.05) is 54.8 Å². The van der Waals surface area contributed by atoms with Crippen LogP contribution in [0.25, 0.3) is 0 Å². The molecule has 0 aliphatic rings. The Balaban J connectivity index is 2.82. The maximum absolute atomic E-state index is 12.6. The van der Waals surface area contributed by atoms with E-state index >= 15 is 0 Å². The fourth-order valence-corrected chi connectivity index (χ4v) is 2.45. The third-order valence-electron chi connectivity index (χ3n) is 3.44. The summed E-state index contributed by atoms with van der Waals surface area (Å²) in [5, 5.41) is 9.92. The molecule has 0 heterocycles. The van der Waals surface area contributed by atoms with E-state index in [4.69, 9.17) is 0 Å². The van der Waals surface area contributed by atoms with Gasteiger partial charge in [0.25, 0.3) is 0 Å². The van der Waals surface area contributed by atoms with Crippen molar-refractivity contribution in [3.05, 3.63) is 29.8 Å². The predicted molar refractivity (Wildman–Crippen MR) is 87.6 cm³/mol. The molecule has 0 spiro atoms. The number of para-hydroxylation sites is 1. The van der Waals surface area contributed by atoms with Crippen LogP contribution in [0.15, 0.2) is 24.3 Å². The van der Waals surface area contributed by atoms with E-state index in [1.165, 1.54) is 0 Å². The van der Waals surface area contributed by atoms with E-state index in [0.29, 0.717) is 19.6 Å². The second-order valence-electron chi connectivity index (χ2n) is 6.04. The Morgan fingerprint density at radius 2 is 1.81 bits per heavy atom. The number of anilines is 1. The van der Waals surface area contributed by atoms with Gasteiger partial charge in [-0.1, -0.05) is 25.1 Å². The molecular weight excluding hydrogens is 264 g/mol. The van der Waals surface area contributed by atoms with Crippen LogP contribution in [0.1, 0.15) is 33.3 Å². The predicted octanol–water partition coefficient (Wildman–Crippen LogP) is 2.44. The van der Waals surface area contributed by atoms with Crippen LogP contribution in [0.3, 0.4) is 0 Å². The van der Waals surface area contributed by atoms with Crippen molar-refractivity contribution in [1.82, 2.24) is 4.90 Å². The Hall–Kier alpha value is -1.39. The summed E-state index contributed by atoms with van der Waals surface area (Å²) in [6, 6.07) is 7.92. The Morgan fingerprint density at radius 3 is 2.29 bits per heavy atom. The Morgan fingerprint density at radius 1 is 1.19 bits per heavy atom. The minimum Gasteiger partial charge on any atom is -0.389 e. The number of aliphatic hydroxyl groups is 1. The number of hydrogen-bond acceptors (Lipinski definition) is 3. The molecule has 1 N–H and O–H groups in total. The molecule has 0 aliphatic carbocycles. The molecule has 0 atom stereocenters. The molecule has 0 fully saturated rings. The normalized spacial score (nSPS) is 11.8. The maximum atomic E-state index is 12.6. The van der Waals surface area contributed by atoms with Gasteiger partial charge in [0.05, 0.1) is 12.1 Å². The Labute approximate surface area is 128 Å². The first-order valence-corrected chi connectivity index (χ1v) is 7.59. The van der Waals surface area contributed by atoms with Crippen molar-refractivity contribution in [2.24, 2.45) is 0 Å². The lowest BCUT2D eigenvalue weighted by atomic mass is 10.1. The van der Waals surface area contributed by atoms with Crippen molar-refractivity contribution < 1.29 is 9.90 Å². The number of carbonyl (C=O) groups is 1. The van der Waals surface area contributed by atoms with Crippen LogP contribution < -0.4 is 4.90 Å². The topological polar surface area (TPSA) is 43.8 Å². The van der Waals surface area contributed by atoms with E-state index in [2.05, 4.69) is 0 Å². The van der Waals surface area contributed by atoms with Crippen molar-refractivity contribution in [1.29, 1.82) is 0 Å². The van der Waals surface area contributed by atoms with Gasteiger partial charge in [0.15, 0.2) is 0 Å².